The second-order valence-corrected chi connectivity index (χ2v) is 9.64. The van der Waals surface area contributed by atoms with Crippen molar-refractivity contribution in [1.29, 1.82) is 0 Å². The molecule has 38 heavy (non-hydrogen) atoms. The fourth-order valence-electron chi connectivity index (χ4n) is 3.32. The number of carbonyl (C=O) groups is 4. The molecule has 4 atom stereocenters. The molecular weight excluding hydrogens is 502 g/mol. The molecule has 1 aromatic carbocycles. The SMILES string of the molecule is CCCOC(=O)Oc1ccc(C(C(C)C(C)OC(=O)OC(C)(C)C)[C@H](N)C(=O)O)cc1OC(=O)OCCC. The topological polar surface area (TPSA) is 170 Å². The van der Waals surface area contributed by atoms with E-state index in [0.717, 1.165) is 0 Å². The molecular formula is C26H39NO11. The fourth-order valence-corrected chi connectivity index (χ4v) is 3.32. The molecule has 1 rings (SSSR count). The Labute approximate surface area is 222 Å². The number of benzene rings is 1. The molecule has 12 heteroatoms. The maximum atomic E-state index is 12.2. The summed E-state index contributed by atoms with van der Waals surface area (Å²) in [5.74, 6) is -3.25. The molecule has 0 aromatic heterocycles. The Morgan fingerprint density at radius 3 is 1.89 bits per heavy atom. The first kappa shape index (κ1) is 32.5. The van der Waals surface area contributed by atoms with Crippen LogP contribution >= 0.6 is 0 Å². The molecule has 0 amide bonds. The molecule has 0 heterocycles. The van der Waals surface area contributed by atoms with Gasteiger partial charge in [0, 0.05) is 11.8 Å². The zero-order chi connectivity index (χ0) is 29.0. The zero-order valence-electron chi connectivity index (χ0n) is 23.0. The first-order valence-electron chi connectivity index (χ1n) is 12.4. The van der Waals surface area contributed by atoms with Gasteiger partial charge in [0.05, 0.1) is 13.2 Å². The number of rotatable bonds is 12. The number of hydrogen-bond acceptors (Lipinski definition) is 11. The van der Waals surface area contributed by atoms with Gasteiger partial charge in [-0.25, -0.2) is 14.4 Å². The van der Waals surface area contributed by atoms with Gasteiger partial charge in [-0.1, -0.05) is 26.8 Å². The highest BCUT2D eigenvalue weighted by molar-refractivity contribution is 5.75. The molecule has 214 valence electrons. The van der Waals surface area contributed by atoms with Crippen LogP contribution in [0.2, 0.25) is 0 Å². The molecule has 0 bridgehead atoms. The Hall–Kier alpha value is -3.54. The third-order valence-corrected chi connectivity index (χ3v) is 5.24. The molecule has 0 aliphatic carbocycles. The molecule has 0 saturated heterocycles. The number of carboxylic acids is 1. The lowest BCUT2D eigenvalue weighted by atomic mass is 9.79. The molecule has 3 unspecified atom stereocenters. The number of aliphatic carboxylic acids is 1. The highest BCUT2D eigenvalue weighted by Crippen LogP contribution is 2.37. The summed E-state index contributed by atoms with van der Waals surface area (Å²) in [6, 6.07) is 2.67. The van der Waals surface area contributed by atoms with Crippen LogP contribution in [0.25, 0.3) is 0 Å². The minimum atomic E-state index is -1.43. The van der Waals surface area contributed by atoms with Gasteiger partial charge in [-0.3, -0.25) is 4.79 Å². The van der Waals surface area contributed by atoms with E-state index >= 15 is 0 Å². The van der Waals surface area contributed by atoms with Gasteiger partial charge < -0.3 is 39.3 Å². The van der Waals surface area contributed by atoms with Crippen LogP contribution in [-0.2, 0) is 23.7 Å². The number of hydrogen-bond donors (Lipinski definition) is 2. The fraction of sp³-hybridized carbons (Fsp3) is 0.615. The Morgan fingerprint density at radius 2 is 1.42 bits per heavy atom. The maximum absolute atomic E-state index is 12.2. The van der Waals surface area contributed by atoms with Gasteiger partial charge in [0.25, 0.3) is 0 Å². The van der Waals surface area contributed by atoms with Crippen LogP contribution in [0, 0.1) is 5.92 Å². The highest BCUT2D eigenvalue weighted by atomic mass is 16.7. The van der Waals surface area contributed by atoms with E-state index in [1.165, 1.54) is 18.2 Å². The third-order valence-electron chi connectivity index (χ3n) is 5.24. The standard InChI is InChI=1S/C26H39NO11/c1-8-12-33-23(30)36-18-11-10-17(14-19(18)37-24(31)34-13-9-2)20(21(27)22(28)29)15(3)16(4)35-25(32)38-26(5,6)7/h10-11,14-16,20-21H,8-9,12-13,27H2,1-7H3,(H,28,29)/t15?,16?,20?,21-/m0/s1. The van der Waals surface area contributed by atoms with Crippen molar-refractivity contribution in [2.75, 3.05) is 13.2 Å². The van der Waals surface area contributed by atoms with Crippen LogP contribution in [0.4, 0.5) is 14.4 Å². The third kappa shape index (κ3) is 10.8. The van der Waals surface area contributed by atoms with E-state index in [1.54, 1.807) is 48.5 Å². The average Bonchev–Trinajstić information content (AvgIpc) is 2.81. The monoisotopic (exact) mass is 541 g/mol. The number of nitrogens with two attached hydrogens (primary N) is 1. The average molecular weight is 542 g/mol. The van der Waals surface area contributed by atoms with Gasteiger partial charge in [0.1, 0.15) is 17.7 Å². The van der Waals surface area contributed by atoms with Crippen molar-refractivity contribution in [3.8, 4) is 11.5 Å². The summed E-state index contributed by atoms with van der Waals surface area (Å²) >= 11 is 0. The van der Waals surface area contributed by atoms with Crippen molar-refractivity contribution >= 4 is 24.4 Å². The molecule has 12 nitrogen and oxygen atoms in total. The summed E-state index contributed by atoms with van der Waals surface area (Å²) in [5.41, 5.74) is 5.58. The van der Waals surface area contributed by atoms with E-state index in [0.29, 0.717) is 18.4 Å². The van der Waals surface area contributed by atoms with Crippen LogP contribution in [0.1, 0.15) is 72.8 Å². The minimum Gasteiger partial charge on any atom is -0.480 e. The quantitative estimate of drug-likeness (QED) is 0.206. The van der Waals surface area contributed by atoms with E-state index < -0.39 is 54.0 Å². The molecule has 0 aliphatic heterocycles. The van der Waals surface area contributed by atoms with E-state index in [-0.39, 0.29) is 24.7 Å². The van der Waals surface area contributed by atoms with E-state index in [4.69, 9.17) is 34.2 Å². The summed E-state index contributed by atoms with van der Waals surface area (Å²) in [7, 11) is 0. The lowest BCUT2D eigenvalue weighted by Crippen LogP contribution is -2.43. The smallest absolute Gasteiger partial charge is 0.480 e. The Balaban J connectivity index is 3.39. The molecule has 0 aliphatic rings. The Kier molecular flexibility index (Phi) is 12.8. The van der Waals surface area contributed by atoms with Crippen molar-refractivity contribution in [3.63, 3.8) is 0 Å². The maximum Gasteiger partial charge on any atom is 0.513 e. The van der Waals surface area contributed by atoms with Crippen LogP contribution in [0.5, 0.6) is 11.5 Å². The minimum absolute atomic E-state index is 0.0936. The largest absolute Gasteiger partial charge is 0.513 e. The van der Waals surface area contributed by atoms with Gasteiger partial charge in [0.15, 0.2) is 11.5 Å². The summed E-state index contributed by atoms with van der Waals surface area (Å²) < 4.78 is 30.9. The van der Waals surface area contributed by atoms with Crippen LogP contribution in [0.3, 0.4) is 0 Å². The molecule has 0 saturated carbocycles. The highest BCUT2D eigenvalue weighted by Gasteiger charge is 2.36. The number of ether oxygens (including phenoxy) is 6. The second-order valence-electron chi connectivity index (χ2n) is 9.64. The molecule has 0 spiro atoms. The molecule has 1 aromatic rings. The Morgan fingerprint density at radius 1 is 0.895 bits per heavy atom. The first-order valence-corrected chi connectivity index (χ1v) is 12.4. The van der Waals surface area contributed by atoms with E-state index in [9.17, 15) is 24.3 Å². The number of carbonyl (C=O) groups excluding carboxylic acids is 3. The lowest BCUT2D eigenvalue weighted by Gasteiger charge is -2.32. The van der Waals surface area contributed by atoms with Crippen molar-refractivity contribution in [2.24, 2.45) is 11.7 Å². The molecule has 0 fully saturated rings. The predicted molar refractivity (Wildman–Crippen MR) is 135 cm³/mol. The summed E-state index contributed by atoms with van der Waals surface area (Å²) in [4.78, 5) is 48.3. The summed E-state index contributed by atoms with van der Waals surface area (Å²) in [6.07, 6.45) is -2.69. The van der Waals surface area contributed by atoms with Gasteiger partial charge in [-0.15, -0.1) is 0 Å². The summed E-state index contributed by atoms with van der Waals surface area (Å²) in [5, 5.41) is 9.70. The molecule has 3 N–H and O–H groups in total. The summed E-state index contributed by atoms with van der Waals surface area (Å²) in [6.45, 7) is 12.1. The van der Waals surface area contributed by atoms with Gasteiger partial charge in [-0.05, 0) is 58.2 Å². The molecule has 0 radical (unpaired) electrons. The van der Waals surface area contributed by atoms with Gasteiger partial charge in [-0.2, -0.15) is 0 Å². The van der Waals surface area contributed by atoms with Crippen LogP contribution in [-0.4, -0.2) is 60.5 Å². The second kappa shape index (κ2) is 15.0. The van der Waals surface area contributed by atoms with Crippen LogP contribution < -0.4 is 15.2 Å². The van der Waals surface area contributed by atoms with Crippen molar-refractivity contribution < 1.29 is 52.7 Å². The van der Waals surface area contributed by atoms with Crippen molar-refractivity contribution in [2.45, 2.75) is 85.0 Å². The predicted octanol–water partition coefficient (Wildman–Crippen LogP) is 5.01. The van der Waals surface area contributed by atoms with Crippen molar-refractivity contribution in [3.05, 3.63) is 23.8 Å². The van der Waals surface area contributed by atoms with Gasteiger partial charge in [0.2, 0.25) is 0 Å². The zero-order valence-corrected chi connectivity index (χ0v) is 23.0. The number of carboxylic acid groups (broad SMARTS) is 1. The van der Waals surface area contributed by atoms with Crippen molar-refractivity contribution in [1.82, 2.24) is 0 Å². The lowest BCUT2D eigenvalue weighted by molar-refractivity contribution is -0.139. The van der Waals surface area contributed by atoms with E-state index in [2.05, 4.69) is 0 Å². The Bertz CT molecular complexity index is 957. The van der Waals surface area contributed by atoms with Crippen LogP contribution in [0.15, 0.2) is 18.2 Å². The van der Waals surface area contributed by atoms with E-state index in [1.807, 2.05) is 0 Å². The first-order chi connectivity index (χ1) is 17.7. The normalized spacial score (nSPS) is 14.3. The van der Waals surface area contributed by atoms with Gasteiger partial charge >= 0.3 is 24.4 Å².